The summed E-state index contributed by atoms with van der Waals surface area (Å²) in [6.07, 6.45) is 3.89. The molecule has 1 amide bonds. The number of hydrogen-bond donors (Lipinski definition) is 1. The van der Waals surface area contributed by atoms with Gasteiger partial charge in [0.1, 0.15) is 18.1 Å². The fraction of sp³-hybridized carbons (Fsp3) is 0.233. The number of thioether (sulfide) groups is 1. The molecule has 1 N–H and O–H groups in total. The summed E-state index contributed by atoms with van der Waals surface area (Å²) in [5.41, 5.74) is 4.61. The highest BCUT2D eigenvalue weighted by molar-refractivity contribution is 7.98. The lowest BCUT2D eigenvalue weighted by molar-refractivity contribution is -0.308. The Bertz CT molecular complexity index is 1390. The van der Waals surface area contributed by atoms with E-state index in [4.69, 9.17) is 9.15 Å². The first kappa shape index (κ1) is 27.2. The molecule has 2 aromatic heterocycles. The van der Waals surface area contributed by atoms with Crippen molar-refractivity contribution in [3.8, 4) is 22.6 Å². The molecule has 0 aliphatic rings. The van der Waals surface area contributed by atoms with E-state index >= 15 is 0 Å². The summed E-state index contributed by atoms with van der Waals surface area (Å²) in [6.45, 7) is 2.55. The standard InChI is InChI=1S/C30H30N2O5S/c1-20-7-3-4-8-23(20)25-17-21(10-12-24(25)29(33)32-27(30(34)35)14-16-38-2)18-36-19-22-11-13-28(37-22)26-9-5-6-15-31-26/h3-13,15,17,27H,14,16,18-19H2,1-2H3,(H,32,33)(H,34,35)/p-1/t27-/m0/s1. The number of carbonyl (C=O) groups is 2. The van der Waals surface area contributed by atoms with E-state index in [1.54, 1.807) is 12.3 Å². The molecule has 0 spiro atoms. The number of nitrogens with zero attached hydrogens (tertiary/aromatic N) is 1. The highest BCUT2D eigenvalue weighted by Crippen LogP contribution is 2.29. The van der Waals surface area contributed by atoms with E-state index in [-0.39, 0.29) is 13.0 Å². The van der Waals surface area contributed by atoms with Gasteiger partial charge in [0.15, 0.2) is 5.76 Å². The Morgan fingerprint density at radius 3 is 2.58 bits per heavy atom. The SMILES string of the molecule is CSCC[C@H](NC(=O)c1ccc(COCc2ccc(-c3ccccn3)o2)cc1-c1ccccc1C)C(=O)[O-]. The van der Waals surface area contributed by atoms with Gasteiger partial charge in [0, 0.05) is 11.8 Å². The number of amides is 1. The highest BCUT2D eigenvalue weighted by atomic mass is 32.2. The van der Waals surface area contributed by atoms with Gasteiger partial charge in [-0.05, 0) is 84.0 Å². The maximum Gasteiger partial charge on any atom is 0.252 e. The number of hydrogen-bond acceptors (Lipinski definition) is 7. The molecule has 4 aromatic rings. The quantitative estimate of drug-likeness (QED) is 0.285. The monoisotopic (exact) mass is 529 g/mol. The molecule has 0 bridgehead atoms. The predicted molar refractivity (Wildman–Crippen MR) is 146 cm³/mol. The maximum absolute atomic E-state index is 13.2. The summed E-state index contributed by atoms with van der Waals surface area (Å²) in [5.74, 6) is 0.203. The lowest BCUT2D eigenvalue weighted by Crippen LogP contribution is -2.48. The van der Waals surface area contributed by atoms with Crippen LogP contribution >= 0.6 is 11.8 Å². The number of aryl methyl sites for hydroxylation is 1. The molecule has 0 saturated heterocycles. The Hall–Kier alpha value is -3.88. The van der Waals surface area contributed by atoms with Gasteiger partial charge in [-0.25, -0.2) is 0 Å². The normalized spacial score (nSPS) is 11.7. The summed E-state index contributed by atoms with van der Waals surface area (Å²) >= 11 is 1.51. The minimum absolute atomic E-state index is 0.275. The van der Waals surface area contributed by atoms with E-state index < -0.39 is 17.9 Å². The highest BCUT2D eigenvalue weighted by Gasteiger charge is 2.19. The number of rotatable bonds is 12. The van der Waals surface area contributed by atoms with Crippen molar-refractivity contribution in [2.24, 2.45) is 0 Å². The lowest BCUT2D eigenvalue weighted by atomic mass is 9.93. The van der Waals surface area contributed by atoms with E-state index in [9.17, 15) is 14.7 Å². The molecule has 0 aliphatic carbocycles. The fourth-order valence-corrected chi connectivity index (χ4v) is 4.54. The van der Waals surface area contributed by atoms with E-state index in [0.717, 1.165) is 22.4 Å². The third kappa shape index (κ3) is 6.90. The van der Waals surface area contributed by atoms with Gasteiger partial charge in [0.05, 0.1) is 18.6 Å². The topological polar surface area (TPSA) is 104 Å². The summed E-state index contributed by atoms with van der Waals surface area (Å²) < 4.78 is 11.8. The van der Waals surface area contributed by atoms with Gasteiger partial charge in [0.25, 0.3) is 5.91 Å². The van der Waals surface area contributed by atoms with Gasteiger partial charge >= 0.3 is 0 Å². The fourth-order valence-electron chi connectivity index (χ4n) is 4.07. The van der Waals surface area contributed by atoms with Crippen LogP contribution < -0.4 is 10.4 Å². The Morgan fingerprint density at radius 2 is 1.84 bits per heavy atom. The molecular formula is C30H29N2O5S-. The van der Waals surface area contributed by atoms with E-state index in [2.05, 4.69) is 10.3 Å². The van der Waals surface area contributed by atoms with Gasteiger partial charge in [-0.3, -0.25) is 9.78 Å². The molecule has 7 nitrogen and oxygen atoms in total. The summed E-state index contributed by atoms with van der Waals surface area (Å²) in [6, 6.07) is 21.5. The molecule has 0 aliphatic heterocycles. The van der Waals surface area contributed by atoms with Crippen LogP contribution in [0.15, 0.2) is 83.4 Å². The van der Waals surface area contributed by atoms with Gasteiger partial charge < -0.3 is 24.4 Å². The molecule has 0 saturated carbocycles. The van der Waals surface area contributed by atoms with Crippen LogP contribution in [0.4, 0.5) is 0 Å². The van der Waals surface area contributed by atoms with Gasteiger partial charge in [0.2, 0.25) is 0 Å². The van der Waals surface area contributed by atoms with Crippen LogP contribution in [-0.2, 0) is 22.7 Å². The number of benzene rings is 2. The summed E-state index contributed by atoms with van der Waals surface area (Å²) in [4.78, 5) is 29.1. The first-order valence-electron chi connectivity index (χ1n) is 12.2. The van der Waals surface area contributed by atoms with Crippen LogP contribution in [0.3, 0.4) is 0 Å². The second-order valence-electron chi connectivity index (χ2n) is 8.80. The maximum atomic E-state index is 13.2. The van der Waals surface area contributed by atoms with Crippen LogP contribution in [0, 0.1) is 6.92 Å². The number of carboxylic acid groups (broad SMARTS) is 1. The molecule has 2 heterocycles. The second-order valence-corrected chi connectivity index (χ2v) is 9.78. The number of furan rings is 1. The van der Waals surface area contributed by atoms with Gasteiger partial charge in [-0.1, -0.05) is 36.4 Å². The molecule has 0 fully saturated rings. The third-order valence-electron chi connectivity index (χ3n) is 6.06. The van der Waals surface area contributed by atoms with E-state index in [1.807, 2.05) is 79.9 Å². The zero-order valence-electron chi connectivity index (χ0n) is 21.3. The summed E-state index contributed by atoms with van der Waals surface area (Å²) in [5, 5.41) is 14.2. The molecule has 1 atom stereocenters. The molecule has 8 heteroatoms. The van der Waals surface area contributed by atoms with Crippen molar-refractivity contribution in [2.75, 3.05) is 12.0 Å². The van der Waals surface area contributed by atoms with Crippen molar-refractivity contribution in [3.63, 3.8) is 0 Å². The van der Waals surface area contributed by atoms with Crippen LogP contribution in [0.25, 0.3) is 22.6 Å². The first-order chi connectivity index (χ1) is 18.5. The lowest BCUT2D eigenvalue weighted by Gasteiger charge is -2.21. The van der Waals surface area contributed by atoms with Crippen LogP contribution in [0.5, 0.6) is 0 Å². The van der Waals surface area contributed by atoms with E-state index in [1.165, 1.54) is 11.8 Å². The number of aromatic nitrogens is 1. The predicted octanol–water partition coefficient (Wildman–Crippen LogP) is 4.64. The molecule has 0 unspecified atom stereocenters. The summed E-state index contributed by atoms with van der Waals surface area (Å²) in [7, 11) is 0. The molecule has 4 rings (SSSR count). The number of carboxylic acids is 1. The van der Waals surface area contributed by atoms with Crippen molar-refractivity contribution >= 4 is 23.6 Å². The van der Waals surface area contributed by atoms with Crippen LogP contribution in [0.2, 0.25) is 0 Å². The number of nitrogens with one attached hydrogen (secondary N) is 1. The van der Waals surface area contributed by atoms with Crippen LogP contribution in [-0.4, -0.2) is 34.9 Å². The Labute approximate surface area is 226 Å². The van der Waals surface area contributed by atoms with Crippen molar-refractivity contribution in [1.29, 1.82) is 0 Å². The second kappa shape index (κ2) is 13.1. The van der Waals surface area contributed by atoms with Crippen molar-refractivity contribution in [3.05, 3.63) is 101 Å². The Kier molecular flexibility index (Phi) is 9.35. The van der Waals surface area contributed by atoms with Gasteiger partial charge in [-0.2, -0.15) is 11.8 Å². The van der Waals surface area contributed by atoms with Crippen molar-refractivity contribution in [1.82, 2.24) is 10.3 Å². The molecule has 2 aromatic carbocycles. The Balaban J connectivity index is 1.51. The zero-order valence-corrected chi connectivity index (χ0v) is 22.1. The zero-order chi connectivity index (χ0) is 26.9. The molecule has 196 valence electrons. The van der Waals surface area contributed by atoms with Gasteiger partial charge in [-0.15, -0.1) is 0 Å². The average molecular weight is 530 g/mol. The Morgan fingerprint density at radius 1 is 1.03 bits per heavy atom. The largest absolute Gasteiger partial charge is 0.548 e. The van der Waals surface area contributed by atoms with Crippen LogP contribution in [0.1, 0.15) is 33.7 Å². The van der Waals surface area contributed by atoms with Crippen molar-refractivity contribution < 1.29 is 23.8 Å². The average Bonchev–Trinajstić information content (AvgIpc) is 3.40. The third-order valence-corrected chi connectivity index (χ3v) is 6.70. The minimum atomic E-state index is -1.29. The number of pyridine rings is 1. The first-order valence-corrected chi connectivity index (χ1v) is 13.6. The number of aliphatic carboxylic acids is 1. The smallest absolute Gasteiger partial charge is 0.252 e. The molecule has 0 radical (unpaired) electrons. The minimum Gasteiger partial charge on any atom is -0.548 e. The number of ether oxygens (including phenoxy) is 1. The molecular weight excluding hydrogens is 500 g/mol. The number of carbonyl (C=O) groups excluding carboxylic acids is 2. The van der Waals surface area contributed by atoms with Crippen molar-refractivity contribution in [2.45, 2.75) is 32.6 Å². The van der Waals surface area contributed by atoms with E-state index in [0.29, 0.717) is 35.0 Å². The molecule has 38 heavy (non-hydrogen) atoms.